The Labute approximate surface area is 218 Å². The van der Waals surface area contributed by atoms with E-state index in [0.717, 1.165) is 14.0 Å². The Hall–Kier alpha value is -3.00. The van der Waals surface area contributed by atoms with Crippen LogP contribution in [-0.4, -0.2) is 60.2 Å². The molecule has 1 aromatic heterocycles. The van der Waals surface area contributed by atoms with Gasteiger partial charge in [-0.15, -0.1) is 0 Å². The van der Waals surface area contributed by atoms with E-state index in [2.05, 4.69) is 10.4 Å². The highest BCUT2D eigenvalue weighted by molar-refractivity contribution is 6.32. The Kier molecular flexibility index (Phi) is 8.56. The Balaban J connectivity index is 2.00. The molecule has 1 amide bonds. The second kappa shape index (κ2) is 11.0. The van der Waals surface area contributed by atoms with E-state index in [1.54, 1.807) is 6.07 Å². The number of nitrogens with one attached hydrogen (secondary N) is 1. The van der Waals surface area contributed by atoms with Gasteiger partial charge in [-0.1, -0.05) is 11.6 Å². The molecule has 1 aliphatic heterocycles. The number of morpholine rings is 1. The van der Waals surface area contributed by atoms with Crippen molar-refractivity contribution in [3.63, 3.8) is 0 Å². The van der Waals surface area contributed by atoms with Crippen molar-refractivity contribution in [1.29, 1.82) is 0 Å². The highest BCUT2D eigenvalue weighted by Gasteiger charge is 2.43. The van der Waals surface area contributed by atoms with Gasteiger partial charge >= 0.3 is 18.3 Å². The summed E-state index contributed by atoms with van der Waals surface area (Å²) in [5.74, 6) is -2.24. The summed E-state index contributed by atoms with van der Waals surface area (Å²) in [6.45, 7) is 5.73. The summed E-state index contributed by atoms with van der Waals surface area (Å²) < 4.78 is 90.7. The fraction of sp³-hybridized carbons (Fsp3) is 0.522. The predicted octanol–water partition coefficient (Wildman–Crippen LogP) is 5.40. The molecule has 3 atom stereocenters. The second-order valence-electron chi connectivity index (χ2n) is 8.90. The number of benzene rings is 1. The van der Waals surface area contributed by atoms with Gasteiger partial charge in [-0.05, 0) is 39.0 Å². The summed E-state index contributed by atoms with van der Waals surface area (Å²) in [4.78, 5) is 27.5. The van der Waals surface area contributed by atoms with Crippen LogP contribution < -0.4 is 10.2 Å². The Morgan fingerprint density at radius 2 is 1.79 bits per heavy atom. The van der Waals surface area contributed by atoms with Gasteiger partial charge in [0.05, 0.1) is 47.7 Å². The van der Waals surface area contributed by atoms with E-state index in [0.29, 0.717) is 18.8 Å². The molecule has 2 aromatic rings. The van der Waals surface area contributed by atoms with Gasteiger partial charge < -0.3 is 19.7 Å². The maximum Gasteiger partial charge on any atom is 0.436 e. The van der Waals surface area contributed by atoms with Crippen LogP contribution in [0.25, 0.3) is 0 Å². The van der Waals surface area contributed by atoms with Gasteiger partial charge in [0.15, 0.2) is 5.69 Å². The largest absolute Gasteiger partial charge is 0.465 e. The first-order chi connectivity index (χ1) is 17.5. The van der Waals surface area contributed by atoms with Crippen LogP contribution in [0.2, 0.25) is 5.02 Å². The number of carbonyl (C=O) groups excluding carboxylic acids is 2. The zero-order chi connectivity index (χ0) is 28.6. The highest BCUT2D eigenvalue weighted by Crippen LogP contribution is 2.38. The quantitative estimate of drug-likeness (QED) is 0.370. The van der Waals surface area contributed by atoms with Crippen molar-refractivity contribution >= 4 is 34.9 Å². The summed E-state index contributed by atoms with van der Waals surface area (Å²) in [5.41, 5.74) is -1.89. The summed E-state index contributed by atoms with van der Waals surface area (Å²) in [5, 5.41) is 4.48. The monoisotopic (exact) mass is 570 g/mol. The van der Waals surface area contributed by atoms with E-state index >= 15 is 0 Å². The minimum absolute atomic E-state index is 0.117. The van der Waals surface area contributed by atoms with Gasteiger partial charge in [0.25, 0.3) is 0 Å². The van der Waals surface area contributed by atoms with E-state index in [-0.39, 0.29) is 28.1 Å². The lowest BCUT2D eigenvalue weighted by Gasteiger charge is -2.37. The third-order valence-corrected chi connectivity index (χ3v) is 6.27. The number of hydrogen-bond acceptors (Lipinski definition) is 6. The number of aromatic nitrogens is 2. The molecule has 15 heteroatoms. The SMILES string of the molecule is COC(=O)c1cc(N2CC(C)O[C@@H](C)C2)ccc1NC(=O)[C@H](CC(F)(F)F)n1nc(C(F)(F)F)c(Cl)c1C. The third kappa shape index (κ3) is 6.70. The van der Waals surface area contributed by atoms with Crippen LogP contribution in [0, 0.1) is 6.92 Å². The van der Waals surface area contributed by atoms with Gasteiger partial charge in [-0.25, -0.2) is 4.79 Å². The molecule has 3 rings (SSSR count). The Morgan fingerprint density at radius 1 is 1.18 bits per heavy atom. The molecule has 1 fully saturated rings. The molecular weight excluding hydrogens is 546 g/mol. The van der Waals surface area contributed by atoms with Crippen molar-refractivity contribution < 1.29 is 45.4 Å². The predicted molar refractivity (Wildman–Crippen MR) is 125 cm³/mol. The number of methoxy groups -OCH3 is 1. The van der Waals surface area contributed by atoms with Crippen LogP contribution in [0.15, 0.2) is 18.2 Å². The summed E-state index contributed by atoms with van der Waals surface area (Å²) in [7, 11) is 1.08. The van der Waals surface area contributed by atoms with Gasteiger partial charge in [0.2, 0.25) is 5.91 Å². The molecule has 0 saturated carbocycles. The Morgan fingerprint density at radius 3 is 2.29 bits per heavy atom. The lowest BCUT2D eigenvalue weighted by molar-refractivity contribution is -0.152. The minimum atomic E-state index is -5.06. The number of anilines is 2. The van der Waals surface area contributed by atoms with Crippen molar-refractivity contribution in [2.75, 3.05) is 30.4 Å². The number of esters is 1. The first-order valence-electron chi connectivity index (χ1n) is 11.3. The maximum absolute atomic E-state index is 13.4. The fourth-order valence-corrected chi connectivity index (χ4v) is 4.45. The molecular formula is C23H25ClF6N4O4. The Bertz CT molecular complexity index is 1190. The topological polar surface area (TPSA) is 85.7 Å². The number of ether oxygens (including phenoxy) is 2. The highest BCUT2D eigenvalue weighted by atomic mass is 35.5. The fourth-order valence-electron chi connectivity index (χ4n) is 4.21. The van der Waals surface area contributed by atoms with E-state index in [4.69, 9.17) is 21.1 Å². The third-order valence-electron chi connectivity index (χ3n) is 5.82. The first kappa shape index (κ1) is 29.6. The normalized spacial score (nSPS) is 19.3. The molecule has 1 aliphatic rings. The van der Waals surface area contributed by atoms with Crippen molar-refractivity contribution in [3.8, 4) is 0 Å². The van der Waals surface area contributed by atoms with Crippen molar-refractivity contribution in [3.05, 3.63) is 40.2 Å². The molecule has 1 aromatic carbocycles. The number of amides is 1. The molecule has 1 unspecified atom stereocenters. The summed E-state index contributed by atoms with van der Waals surface area (Å²) >= 11 is 5.69. The summed E-state index contributed by atoms with van der Waals surface area (Å²) in [6.07, 6.45) is -12.1. The number of nitrogens with zero attached hydrogens (tertiary/aromatic N) is 3. The van der Waals surface area contributed by atoms with E-state index in [9.17, 15) is 35.9 Å². The molecule has 0 bridgehead atoms. The molecule has 0 aliphatic carbocycles. The van der Waals surface area contributed by atoms with Crippen LogP contribution in [0.4, 0.5) is 37.7 Å². The average molecular weight is 571 g/mol. The molecule has 38 heavy (non-hydrogen) atoms. The smallest absolute Gasteiger partial charge is 0.436 e. The van der Waals surface area contributed by atoms with E-state index < -0.39 is 53.1 Å². The van der Waals surface area contributed by atoms with Gasteiger partial charge in [-0.2, -0.15) is 31.4 Å². The first-order valence-corrected chi connectivity index (χ1v) is 11.7. The molecule has 2 heterocycles. The van der Waals surface area contributed by atoms with Crippen LogP contribution in [0.1, 0.15) is 48.1 Å². The van der Waals surface area contributed by atoms with Crippen molar-refractivity contribution in [2.24, 2.45) is 0 Å². The number of rotatable bonds is 6. The average Bonchev–Trinajstić information content (AvgIpc) is 3.10. The zero-order valence-electron chi connectivity index (χ0n) is 20.7. The molecule has 1 saturated heterocycles. The second-order valence-corrected chi connectivity index (χ2v) is 9.28. The molecule has 210 valence electrons. The van der Waals surface area contributed by atoms with E-state index in [1.165, 1.54) is 12.1 Å². The number of hydrogen-bond donors (Lipinski definition) is 1. The van der Waals surface area contributed by atoms with Crippen LogP contribution in [0.5, 0.6) is 0 Å². The zero-order valence-corrected chi connectivity index (χ0v) is 21.5. The molecule has 0 radical (unpaired) electrons. The number of halogens is 7. The molecule has 0 spiro atoms. The standard InChI is InChI=1S/C23H25ClF6N4O4/c1-11-9-33(10-12(2)38-11)14-5-6-16(15(7-14)21(36)37-4)31-20(35)17(8-22(25,26)27)34-13(3)18(24)19(32-34)23(28,29)30/h5-7,11-12,17H,8-10H2,1-4H3,(H,31,35)/t11-,12?,17-/m0/s1. The van der Waals surface area contributed by atoms with Crippen molar-refractivity contribution in [1.82, 2.24) is 9.78 Å². The molecule has 8 nitrogen and oxygen atoms in total. The summed E-state index contributed by atoms with van der Waals surface area (Å²) in [6, 6.07) is 2.00. The number of carbonyl (C=O) groups is 2. The molecule has 1 N–H and O–H groups in total. The van der Waals surface area contributed by atoms with Crippen LogP contribution in [-0.2, 0) is 20.4 Å². The lowest BCUT2D eigenvalue weighted by Crippen LogP contribution is -2.45. The maximum atomic E-state index is 13.4. The van der Waals surface area contributed by atoms with Gasteiger partial charge in [0.1, 0.15) is 6.04 Å². The van der Waals surface area contributed by atoms with Gasteiger partial charge in [0, 0.05) is 18.8 Å². The minimum Gasteiger partial charge on any atom is -0.465 e. The van der Waals surface area contributed by atoms with Crippen LogP contribution in [0.3, 0.4) is 0 Å². The lowest BCUT2D eigenvalue weighted by atomic mass is 10.1. The van der Waals surface area contributed by atoms with E-state index in [1.807, 2.05) is 18.7 Å². The number of alkyl halides is 6. The van der Waals surface area contributed by atoms with Gasteiger partial charge in [-0.3, -0.25) is 9.48 Å². The van der Waals surface area contributed by atoms with Crippen molar-refractivity contribution in [2.45, 2.75) is 57.8 Å². The van der Waals surface area contributed by atoms with Crippen LogP contribution >= 0.6 is 11.6 Å².